The van der Waals surface area contributed by atoms with E-state index in [1.54, 1.807) is 13.3 Å². The van der Waals surface area contributed by atoms with E-state index in [1.165, 1.54) is 11.5 Å². The minimum absolute atomic E-state index is 0.327. The Morgan fingerprint density at radius 1 is 1.26 bits per heavy atom. The fraction of sp³-hybridized carbons (Fsp3) is 0.417. The van der Waals surface area contributed by atoms with Gasteiger partial charge in [-0.05, 0) is 43.0 Å². The lowest BCUT2D eigenvalue weighted by atomic mass is 10.3. The maximum Gasteiger partial charge on any atom is 0.301 e. The number of hydrogen-bond acceptors (Lipinski definition) is 9. The summed E-state index contributed by atoms with van der Waals surface area (Å²) in [5, 5.41) is 7.82. The Hall–Kier alpha value is -2.74. The molecule has 186 valence electrons. The minimum Gasteiger partial charge on any atom is -0.495 e. The molecule has 1 aromatic carbocycles. The smallest absolute Gasteiger partial charge is 0.301 e. The Morgan fingerprint density at radius 2 is 2.11 bits per heavy atom. The van der Waals surface area contributed by atoms with Gasteiger partial charge in [0, 0.05) is 25.4 Å². The highest BCUT2D eigenvalue weighted by atomic mass is 35.5. The molecule has 9 nitrogen and oxygen atoms in total. The lowest BCUT2D eigenvalue weighted by Gasteiger charge is -2.19. The summed E-state index contributed by atoms with van der Waals surface area (Å²) in [4.78, 5) is 25.9. The molecule has 0 bridgehead atoms. The van der Waals surface area contributed by atoms with Gasteiger partial charge in [0.05, 0.1) is 25.2 Å². The van der Waals surface area contributed by atoms with Crippen molar-refractivity contribution in [3.8, 4) is 5.75 Å². The zero-order chi connectivity index (χ0) is 24.6. The van der Waals surface area contributed by atoms with E-state index in [1.807, 2.05) is 12.1 Å². The van der Waals surface area contributed by atoms with Gasteiger partial charge in [-0.25, -0.2) is 9.97 Å². The number of nitrogens with one attached hydrogen (secondary N) is 2. The van der Waals surface area contributed by atoms with Gasteiger partial charge in [0.15, 0.2) is 5.82 Å². The van der Waals surface area contributed by atoms with Gasteiger partial charge < -0.3 is 24.2 Å². The highest BCUT2D eigenvalue weighted by Crippen LogP contribution is 2.41. The number of methoxy groups -OCH3 is 1. The third-order valence-corrected chi connectivity index (χ3v) is 7.16. The molecule has 1 unspecified atom stereocenters. The van der Waals surface area contributed by atoms with Gasteiger partial charge in [0.2, 0.25) is 5.95 Å². The molecule has 1 saturated carbocycles. The normalized spacial score (nSPS) is 13.5. The lowest BCUT2D eigenvalue weighted by Crippen LogP contribution is -2.27. The van der Waals surface area contributed by atoms with Gasteiger partial charge in [0.25, 0.3) is 0 Å². The van der Waals surface area contributed by atoms with Crippen LogP contribution in [0, 0.1) is 0 Å². The van der Waals surface area contributed by atoms with Gasteiger partial charge in [-0.2, -0.15) is 4.98 Å². The zero-order valence-corrected chi connectivity index (χ0v) is 21.6. The summed E-state index contributed by atoms with van der Waals surface area (Å²) in [5.41, 5.74) is 0.751. The fourth-order valence-electron chi connectivity index (χ4n) is 3.57. The molecule has 2 N–H and O–H groups in total. The van der Waals surface area contributed by atoms with Crippen LogP contribution in [0.15, 0.2) is 35.0 Å². The summed E-state index contributed by atoms with van der Waals surface area (Å²) in [6.45, 7) is 4.83. The number of aromatic nitrogens is 3. The third kappa shape index (κ3) is 7.13. The van der Waals surface area contributed by atoms with Crippen LogP contribution in [0.4, 0.5) is 23.5 Å². The number of aldehydes is 1. The first-order chi connectivity index (χ1) is 17.1. The van der Waals surface area contributed by atoms with Crippen LogP contribution in [-0.4, -0.2) is 59.0 Å². The number of hydrogen-bond donors (Lipinski definition) is 2. The molecule has 1 fully saturated rings. The first-order valence-electron chi connectivity index (χ1n) is 11.7. The molecule has 2 aromatic heterocycles. The molecule has 1 aliphatic rings. The van der Waals surface area contributed by atoms with E-state index in [0.717, 1.165) is 56.4 Å². The van der Waals surface area contributed by atoms with Crippen molar-refractivity contribution in [1.29, 1.82) is 0 Å². The molecule has 0 saturated heterocycles. The molecule has 1 aliphatic carbocycles. The Morgan fingerprint density at radius 3 is 2.86 bits per heavy atom. The molecular weight excluding hydrogens is 487 g/mol. The second kappa shape index (κ2) is 12.3. The van der Waals surface area contributed by atoms with Crippen LogP contribution in [0.2, 0.25) is 5.02 Å². The summed E-state index contributed by atoms with van der Waals surface area (Å²) in [6, 6.07) is 6.43. The fourth-order valence-corrected chi connectivity index (χ4v) is 4.85. The number of ether oxygens (including phenoxy) is 1. The highest BCUT2D eigenvalue weighted by Gasteiger charge is 2.27. The molecule has 35 heavy (non-hydrogen) atoms. The number of carbonyl (C=O) groups excluding carboxylic acids is 1. The van der Waals surface area contributed by atoms with E-state index in [4.69, 9.17) is 20.8 Å². The van der Waals surface area contributed by atoms with E-state index >= 15 is 0 Å². The van der Waals surface area contributed by atoms with Crippen molar-refractivity contribution in [1.82, 2.24) is 19.9 Å². The molecule has 0 spiro atoms. The number of nitrogens with zero attached hydrogens (tertiary/aromatic N) is 4. The molecule has 3 aromatic rings. The summed E-state index contributed by atoms with van der Waals surface area (Å²) in [5.74, 6) is 2.84. The van der Waals surface area contributed by atoms with Gasteiger partial charge >= 0.3 is 6.01 Å². The van der Waals surface area contributed by atoms with Gasteiger partial charge in [-0.15, -0.1) is 0 Å². The molecule has 2 heterocycles. The van der Waals surface area contributed by atoms with Crippen LogP contribution >= 0.6 is 20.2 Å². The first-order valence-corrected chi connectivity index (χ1v) is 13.3. The van der Waals surface area contributed by atoms with Gasteiger partial charge in [-0.3, -0.25) is 5.32 Å². The molecule has 11 heteroatoms. The zero-order valence-electron chi connectivity index (χ0n) is 19.9. The first kappa shape index (κ1) is 25.4. The van der Waals surface area contributed by atoms with E-state index in [9.17, 15) is 4.79 Å². The number of halogens is 1. The van der Waals surface area contributed by atoms with Gasteiger partial charge in [0.1, 0.15) is 22.8 Å². The molecule has 4 rings (SSSR count). The summed E-state index contributed by atoms with van der Waals surface area (Å²) < 4.78 is 11.4. The summed E-state index contributed by atoms with van der Waals surface area (Å²) in [6.07, 6.45) is 8.12. The molecule has 0 radical (unpaired) electrons. The molecule has 0 aliphatic heterocycles. The predicted octanol–water partition coefficient (Wildman–Crippen LogP) is 4.71. The predicted molar refractivity (Wildman–Crippen MR) is 141 cm³/mol. The SMILES string of the molecule is CCN(CCC=O)CCPc1ccc(Nc2nc(Nc3ncc(C4CC4)o3)ncc2Cl)c(OC)c1. The van der Waals surface area contributed by atoms with E-state index in [-0.39, 0.29) is 0 Å². The second-order valence-corrected chi connectivity index (χ2v) is 10.1. The van der Waals surface area contributed by atoms with E-state index < -0.39 is 0 Å². The van der Waals surface area contributed by atoms with Crippen LogP contribution in [0.3, 0.4) is 0 Å². The number of rotatable bonds is 14. The third-order valence-electron chi connectivity index (χ3n) is 5.69. The number of carbonyl (C=O) groups is 1. The van der Waals surface area contributed by atoms with Crippen LogP contribution in [0.1, 0.15) is 37.9 Å². The maximum absolute atomic E-state index is 10.6. The van der Waals surface area contributed by atoms with E-state index in [0.29, 0.717) is 49.5 Å². The number of oxazole rings is 1. The van der Waals surface area contributed by atoms with Crippen molar-refractivity contribution in [3.63, 3.8) is 0 Å². The van der Waals surface area contributed by atoms with Crippen molar-refractivity contribution in [3.05, 3.63) is 41.4 Å². The van der Waals surface area contributed by atoms with Crippen molar-refractivity contribution in [2.75, 3.05) is 43.5 Å². The van der Waals surface area contributed by atoms with Crippen molar-refractivity contribution in [2.45, 2.75) is 32.1 Å². The minimum atomic E-state index is 0.327. The lowest BCUT2D eigenvalue weighted by molar-refractivity contribution is -0.108. The summed E-state index contributed by atoms with van der Waals surface area (Å²) in [7, 11) is 2.28. The molecule has 1 atom stereocenters. The molecular formula is C24H30ClN6O3P. The van der Waals surface area contributed by atoms with Crippen molar-refractivity contribution >= 4 is 55.2 Å². The second-order valence-electron chi connectivity index (χ2n) is 8.21. The summed E-state index contributed by atoms with van der Waals surface area (Å²) >= 11 is 6.36. The maximum atomic E-state index is 10.6. The average Bonchev–Trinajstić information content (AvgIpc) is 3.62. The Kier molecular flexibility index (Phi) is 8.90. The van der Waals surface area contributed by atoms with Crippen LogP contribution in [0.25, 0.3) is 0 Å². The number of benzene rings is 1. The van der Waals surface area contributed by atoms with Gasteiger partial charge in [-0.1, -0.05) is 33.2 Å². The quantitative estimate of drug-likeness (QED) is 0.233. The van der Waals surface area contributed by atoms with Crippen molar-refractivity contribution in [2.24, 2.45) is 0 Å². The number of anilines is 4. The Balaban J connectivity index is 1.39. The standard InChI is InChI=1S/C24H30ClN6O3P/c1-3-31(9-4-11-32)10-12-35-17-7-8-19(20(13-17)33-2)28-22-18(25)14-26-23(29-22)30-24-27-15-21(34-24)16-5-6-16/h7-8,11,13-16,35H,3-6,9-10,12H2,1-2H3,(H2,26,27,28,29,30). The van der Waals surface area contributed by atoms with Crippen LogP contribution < -0.4 is 20.7 Å². The van der Waals surface area contributed by atoms with Crippen molar-refractivity contribution < 1.29 is 13.9 Å². The largest absolute Gasteiger partial charge is 0.495 e. The van der Waals surface area contributed by atoms with Crippen LogP contribution in [-0.2, 0) is 4.79 Å². The van der Waals surface area contributed by atoms with E-state index in [2.05, 4.69) is 43.5 Å². The Bertz CT molecular complexity index is 1140. The topological polar surface area (TPSA) is 105 Å². The van der Waals surface area contributed by atoms with Crippen LogP contribution in [0.5, 0.6) is 5.75 Å². The molecule has 0 amide bonds. The Labute approximate surface area is 211 Å². The monoisotopic (exact) mass is 516 g/mol. The average molecular weight is 517 g/mol. The highest BCUT2D eigenvalue weighted by molar-refractivity contribution is 7.47.